The van der Waals surface area contributed by atoms with Crippen LogP contribution in [-0.2, 0) is 14.4 Å². The molecule has 0 aromatic carbocycles. The van der Waals surface area contributed by atoms with Gasteiger partial charge in [-0.3, -0.25) is 29.1 Å². The number of hydrogen-bond donors (Lipinski definition) is 3. The molecule has 3 rings (SSSR count). The number of nitrogens with two attached hydrogens (primary N) is 3. The minimum Gasteiger partial charge on any atom is -0.368 e. The van der Waals surface area contributed by atoms with Gasteiger partial charge in [-0.2, -0.15) is 0 Å². The molecule has 3 fully saturated rings. The van der Waals surface area contributed by atoms with E-state index in [1.165, 1.54) is 44.9 Å². The predicted molar refractivity (Wildman–Crippen MR) is 155 cm³/mol. The van der Waals surface area contributed by atoms with Crippen molar-refractivity contribution in [3.05, 3.63) is 0 Å². The van der Waals surface area contributed by atoms with Crippen LogP contribution in [0.1, 0.15) is 111 Å². The van der Waals surface area contributed by atoms with Crippen LogP contribution in [-0.4, -0.2) is 89.8 Å². The van der Waals surface area contributed by atoms with E-state index in [0.29, 0.717) is 0 Å². The van der Waals surface area contributed by atoms with Gasteiger partial charge in [-0.05, 0) is 97.1 Å². The topological polar surface area (TPSA) is 139 Å². The van der Waals surface area contributed by atoms with Gasteiger partial charge < -0.3 is 17.2 Å². The normalized spacial score (nSPS) is 24.9. The number of rotatable bonds is 11. The lowest BCUT2D eigenvalue weighted by molar-refractivity contribution is -0.125. The Kier molecular flexibility index (Phi) is 18.3. The van der Waals surface area contributed by atoms with Crippen molar-refractivity contribution in [3.63, 3.8) is 0 Å². The first-order chi connectivity index (χ1) is 18.3. The Balaban J connectivity index is 0.000000285. The number of piperidine rings is 3. The van der Waals surface area contributed by atoms with E-state index in [4.69, 9.17) is 17.2 Å². The van der Waals surface area contributed by atoms with Gasteiger partial charge in [0.15, 0.2) is 0 Å². The molecule has 3 amide bonds. The lowest BCUT2D eigenvalue weighted by Gasteiger charge is -2.33. The fourth-order valence-electron chi connectivity index (χ4n) is 5.75. The number of amides is 3. The number of carbonyl (C=O) groups excluding carboxylic acids is 3. The Morgan fingerprint density at radius 3 is 1.11 bits per heavy atom. The number of likely N-dealkylation sites (tertiary alicyclic amines) is 3. The second-order valence-electron chi connectivity index (χ2n) is 11.1. The van der Waals surface area contributed by atoms with Crippen LogP contribution in [0.2, 0.25) is 0 Å². The zero-order valence-electron chi connectivity index (χ0n) is 24.7. The summed E-state index contributed by atoms with van der Waals surface area (Å²) in [6.45, 7) is 12.7. The molecular weight excluding hydrogens is 480 g/mol. The van der Waals surface area contributed by atoms with Crippen molar-refractivity contribution in [3.8, 4) is 0 Å². The van der Waals surface area contributed by atoms with E-state index in [9.17, 15) is 14.4 Å². The van der Waals surface area contributed by atoms with E-state index in [-0.39, 0.29) is 35.8 Å². The first kappa shape index (κ1) is 34.3. The summed E-state index contributed by atoms with van der Waals surface area (Å²) in [5.41, 5.74) is 16.0. The van der Waals surface area contributed by atoms with E-state index in [2.05, 4.69) is 35.5 Å². The van der Waals surface area contributed by atoms with Gasteiger partial charge in [0.05, 0.1) is 18.1 Å². The minimum absolute atomic E-state index is 0.0127. The van der Waals surface area contributed by atoms with Crippen molar-refractivity contribution in [2.24, 2.45) is 17.2 Å². The maximum absolute atomic E-state index is 11.1. The Bertz CT molecular complexity index is 637. The number of primary amides is 3. The SMILES string of the molecule is CCCCN1CCCCC1C(N)=O.CCCCN1CCCC[C@H]1C(N)=O.CCCN1CCCC[C@H]1C(N)=O. The van der Waals surface area contributed by atoms with Crippen molar-refractivity contribution >= 4 is 17.7 Å². The zero-order chi connectivity index (χ0) is 28.3. The van der Waals surface area contributed by atoms with Crippen LogP contribution in [0.4, 0.5) is 0 Å². The highest BCUT2D eigenvalue weighted by Gasteiger charge is 2.27. The summed E-state index contributed by atoms with van der Waals surface area (Å²) in [5.74, 6) is -0.435. The molecule has 0 spiro atoms. The molecule has 0 aromatic rings. The molecular formula is C29H58N6O3. The molecule has 0 radical (unpaired) electrons. The second kappa shape index (κ2) is 20.2. The quantitative estimate of drug-likeness (QED) is 0.370. The highest BCUT2D eigenvalue weighted by Crippen LogP contribution is 2.18. The summed E-state index contributed by atoms with van der Waals surface area (Å²) in [7, 11) is 0. The average molecular weight is 539 g/mol. The van der Waals surface area contributed by atoms with Gasteiger partial charge >= 0.3 is 0 Å². The summed E-state index contributed by atoms with van der Waals surface area (Å²) >= 11 is 0. The Morgan fingerprint density at radius 1 is 0.526 bits per heavy atom. The summed E-state index contributed by atoms with van der Waals surface area (Å²) in [4.78, 5) is 39.9. The van der Waals surface area contributed by atoms with Crippen molar-refractivity contribution in [1.82, 2.24) is 14.7 Å². The van der Waals surface area contributed by atoms with Crippen molar-refractivity contribution in [1.29, 1.82) is 0 Å². The van der Waals surface area contributed by atoms with E-state index < -0.39 is 0 Å². The zero-order valence-corrected chi connectivity index (χ0v) is 24.7. The molecule has 0 aliphatic carbocycles. The predicted octanol–water partition coefficient (Wildman–Crippen LogP) is 2.99. The first-order valence-electron chi connectivity index (χ1n) is 15.4. The smallest absolute Gasteiger partial charge is 0.234 e. The van der Waals surface area contributed by atoms with E-state index >= 15 is 0 Å². The third-order valence-corrected chi connectivity index (χ3v) is 7.93. The summed E-state index contributed by atoms with van der Waals surface area (Å²) in [5, 5.41) is 0. The van der Waals surface area contributed by atoms with Gasteiger partial charge in [-0.25, -0.2) is 0 Å². The Labute approximate surface area is 232 Å². The fourth-order valence-corrected chi connectivity index (χ4v) is 5.75. The van der Waals surface area contributed by atoms with E-state index in [1.54, 1.807) is 0 Å². The molecule has 6 N–H and O–H groups in total. The molecule has 0 bridgehead atoms. The van der Waals surface area contributed by atoms with Crippen LogP contribution in [0.25, 0.3) is 0 Å². The van der Waals surface area contributed by atoms with Crippen LogP contribution in [0.3, 0.4) is 0 Å². The number of nitrogens with zero attached hydrogens (tertiary/aromatic N) is 3. The number of hydrogen-bond acceptors (Lipinski definition) is 6. The monoisotopic (exact) mass is 538 g/mol. The molecule has 3 atom stereocenters. The van der Waals surface area contributed by atoms with Crippen LogP contribution in [0, 0.1) is 0 Å². The molecule has 1 unspecified atom stereocenters. The summed E-state index contributed by atoms with van der Waals surface area (Å²) < 4.78 is 0. The third-order valence-electron chi connectivity index (χ3n) is 7.93. The highest BCUT2D eigenvalue weighted by atomic mass is 16.2. The lowest BCUT2D eigenvalue weighted by atomic mass is 10.0. The standard InChI is InChI=1S/2C10H20N2O.C9H18N2O/c2*1-2-3-7-12-8-5-4-6-9(12)10(11)13;1-2-6-11-7-4-3-5-8(11)9(10)12/h2*9H,2-8H2,1H3,(H2,11,13);8H,2-7H2,1H3,(H2,10,12)/t9-;;8-/m0.0/s1. The summed E-state index contributed by atoms with van der Waals surface area (Å²) in [6.07, 6.45) is 15.8. The van der Waals surface area contributed by atoms with Crippen molar-refractivity contribution < 1.29 is 14.4 Å². The van der Waals surface area contributed by atoms with Crippen LogP contribution >= 0.6 is 0 Å². The van der Waals surface area contributed by atoms with E-state index in [0.717, 1.165) is 84.2 Å². The molecule has 0 saturated carbocycles. The largest absolute Gasteiger partial charge is 0.368 e. The first-order valence-corrected chi connectivity index (χ1v) is 15.4. The molecule has 222 valence electrons. The maximum Gasteiger partial charge on any atom is 0.234 e. The van der Waals surface area contributed by atoms with Gasteiger partial charge in [0.1, 0.15) is 0 Å². The molecule has 3 heterocycles. The highest BCUT2D eigenvalue weighted by molar-refractivity contribution is 5.80. The van der Waals surface area contributed by atoms with Gasteiger partial charge in [0, 0.05) is 0 Å². The van der Waals surface area contributed by atoms with Gasteiger partial charge in [-0.1, -0.05) is 52.9 Å². The van der Waals surface area contributed by atoms with Gasteiger partial charge in [-0.15, -0.1) is 0 Å². The molecule has 38 heavy (non-hydrogen) atoms. The van der Waals surface area contributed by atoms with Crippen molar-refractivity contribution in [2.75, 3.05) is 39.3 Å². The Morgan fingerprint density at radius 2 is 0.842 bits per heavy atom. The molecule has 3 saturated heterocycles. The van der Waals surface area contributed by atoms with Gasteiger partial charge in [0.2, 0.25) is 17.7 Å². The molecule has 9 nitrogen and oxygen atoms in total. The molecule has 3 aliphatic rings. The maximum atomic E-state index is 11.1. The minimum atomic E-state index is -0.150. The van der Waals surface area contributed by atoms with E-state index in [1.807, 2.05) is 0 Å². The van der Waals surface area contributed by atoms with Crippen LogP contribution in [0.15, 0.2) is 0 Å². The average Bonchev–Trinajstić information content (AvgIpc) is 2.92. The molecule has 0 aromatic heterocycles. The fraction of sp³-hybridized carbons (Fsp3) is 0.897. The molecule has 3 aliphatic heterocycles. The van der Waals surface area contributed by atoms with Crippen LogP contribution in [0.5, 0.6) is 0 Å². The van der Waals surface area contributed by atoms with Gasteiger partial charge in [0.25, 0.3) is 0 Å². The Hall–Kier alpha value is -1.71. The third kappa shape index (κ3) is 12.9. The summed E-state index contributed by atoms with van der Waals surface area (Å²) in [6, 6.07) is 0.0410. The second-order valence-corrected chi connectivity index (χ2v) is 11.1. The number of carbonyl (C=O) groups is 3. The molecule has 9 heteroatoms. The van der Waals surface area contributed by atoms with Crippen molar-refractivity contribution in [2.45, 2.75) is 129 Å². The van der Waals surface area contributed by atoms with Crippen LogP contribution < -0.4 is 17.2 Å². The number of unbranched alkanes of at least 4 members (excludes halogenated alkanes) is 2. The lowest BCUT2D eigenvalue weighted by Crippen LogP contribution is -2.47.